The zero-order valence-corrected chi connectivity index (χ0v) is 12.0. The first-order chi connectivity index (χ1) is 7.59. The monoisotopic (exact) mass is 298 g/mol. The van der Waals surface area contributed by atoms with Crippen LogP contribution in [-0.4, -0.2) is 4.68 Å². The average Bonchev–Trinajstić information content (AvgIpc) is 2.79. The first-order valence-corrected chi connectivity index (χ1v) is 6.91. The number of thiophene rings is 1. The van der Waals surface area contributed by atoms with Crippen molar-refractivity contribution < 1.29 is 0 Å². The van der Waals surface area contributed by atoms with E-state index in [1.54, 1.807) is 11.3 Å². The van der Waals surface area contributed by atoms with Gasteiger partial charge in [-0.15, -0.1) is 11.3 Å². The molecule has 1 atom stereocenters. The van der Waals surface area contributed by atoms with Crippen molar-refractivity contribution in [1.82, 2.24) is 4.68 Å². The highest BCUT2D eigenvalue weighted by molar-refractivity contribution is 9.10. The normalized spacial score (nSPS) is 12.8. The Hall–Kier alpha value is -0.740. The maximum absolute atomic E-state index is 3.57. The second-order valence-corrected chi connectivity index (χ2v) is 5.74. The summed E-state index contributed by atoms with van der Waals surface area (Å²) >= 11 is 5.34. The Labute approximate surface area is 108 Å². The molecule has 2 aromatic heterocycles. The van der Waals surface area contributed by atoms with Gasteiger partial charge in [0, 0.05) is 20.7 Å². The van der Waals surface area contributed by atoms with Crippen LogP contribution in [0.25, 0.3) is 0 Å². The van der Waals surface area contributed by atoms with Crippen LogP contribution in [0.2, 0.25) is 0 Å². The minimum Gasteiger partial charge on any atom is -0.318 e. The van der Waals surface area contributed by atoms with Gasteiger partial charge in [-0.3, -0.25) is 4.68 Å². The third-order valence-electron chi connectivity index (χ3n) is 2.63. The summed E-state index contributed by atoms with van der Waals surface area (Å²) in [6.45, 7) is 6.39. The van der Waals surface area contributed by atoms with E-state index in [1.165, 1.54) is 20.7 Å². The molecule has 0 aromatic carbocycles. The van der Waals surface area contributed by atoms with Gasteiger partial charge in [-0.05, 0) is 60.3 Å². The van der Waals surface area contributed by atoms with Crippen molar-refractivity contribution in [3.8, 4) is 0 Å². The highest BCUT2D eigenvalue weighted by atomic mass is 79.9. The number of aromatic nitrogens is 1. The lowest BCUT2D eigenvalue weighted by Crippen LogP contribution is -2.20. The van der Waals surface area contributed by atoms with Gasteiger partial charge >= 0.3 is 0 Å². The van der Waals surface area contributed by atoms with Gasteiger partial charge in [-0.2, -0.15) is 0 Å². The van der Waals surface area contributed by atoms with Gasteiger partial charge in [0.2, 0.25) is 0 Å². The highest BCUT2D eigenvalue weighted by Gasteiger charge is 2.11. The van der Waals surface area contributed by atoms with Crippen molar-refractivity contribution in [1.29, 1.82) is 0 Å². The molecule has 0 aliphatic carbocycles. The van der Waals surface area contributed by atoms with E-state index in [9.17, 15) is 0 Å². The van der Waals surface area contributed by atoms with Gasteiger partial charge in [0.15, 0.2) is 0 Å². The molecule has 0 saturated carbocycles. The van der Waals surface area contributed by atoms with Crippen molar-refractivity contribution >= 4 is 27.3 Å². The number of hydrogen-bond acceptors (Lipinski definition) is 2. The minimum absolute atomic E-state index is 0.305. The molecule has 0 aliphatic rings. The van der Waals surface area contributed by atoms with Crippen LogP contribution in [0.3, 0.4) is 0 Å². The molecule has 0 aliphatic heterocycles. The molecule has 86 valence electrons. The number of hydrogen-bond donors (Lipinski definition) is 1. The van der Waals surface area contributed by atoms with Crippen LogP contribution in [0.15, 0.2) is 28.1 Å². The highest BCUT2D eigenvalue weighted by Crippen LogP contribution is 2.29. The topological polar surface area (TPSA) is 17.0 Å². The van der Waals surface area contributed by atoms with Gasteiger partial charge in [0.05, 0.1) is 6.04 Å². The van der Waals surface area contributed by atoms with Crippen LogP contribution >= 0.6 is 27.3 Å². The van der Waals surface area contributed by atoms with Crippen molar-refractivity contribution in [3.05, 3.63) is 44.3 Å². The number of nitrogens with one attached hydrogen (secondary N) is 1. The summed E-state index contributed by atoms with van der Waals surface area (Å²) in [6, 6.07) is 6.64. The van der Waals surface area contributed by atoms with Crippen LogP contribution in [0.5, 0.6) is 0 Å². The molecule has 2 rings (SSSR count). The Kier molecular flexibility index (Phi) is 3.40. The van der Waals surface area contributed by atoms with Crippen molar-refractivity contribution in [2.45, 2.75) is 26.8 Å². The first kappa shape index (κ1) is 11.7. The molecule has 0 fully saturated rings. The molecule has 16 heavy (non-hydrogen) atoms. The summed E-state index contributed by atoms with van der Waals surface area (Å²) in [6.07, 6.45) is 0. The molecule has 2 aromatic rings. The van der Waals surface area contributed by atoms with Gasteiger partial charge in [0.25, 0.3) is 0 Å². The van der Waals surface area contributed by atoms with Crippen LogP contribution in [0, 0.1) is 13.8 Å². The van der Waals surface area contributed by atoms with E-state index < -0.39 is 0 Å². The van der Waals surface area contributed by atoms with Crippen LogP contribution in [-0.2, 0) is 0 Å². The lowest BCUT2D eigenvalue weighted by molar-refractivity contribution is 0.706. The van der Waals surface area contributed by atoms with Crippen molar-refractivity contribution in [2.24, 2.45) is 0 Å². The van der Waals surface area contributed by atoms with Gasteiger partial charge in [0.1, 0.15) is 0 Å². The molecule has 2 nitrogen and oxygen atoms in total. The zero-order chi connectivity index (χ0) is 11.7. The smallest absolute Gasteiger partial charge is 0.0749 e. The Morgan fingerprint density at radius 2 is 1.88 bits per heavy atom. The Morgan fingerprint density at radius 1 is 1.25 bits per heavy atom. The number of nitrogens with zero attached hydrogens (tertiary/aromatic N) is 1. The van der Waals surface area contributed by atoms with Crippen molar-refractivity contribution in [3.63, 3.8) is 0 Å². The summed E-state index contributed by atoms with van der Waals surface area (Å²) < 4.78 is 3.32. The fourth-order valence-corrected chi connectivity index (χ4v) is 3.46. The molecular formula is C12H15BrN2S. The van der Waals surface area contributed by atoms with E-state index in [0.29, 0.717) is 6.04 Å². The largest absolute Gasteiger partial charge is 0.318 e. The fraction of sp³-hybridized carbons (Fsp3) is 0.333. The number of halogens is 1. The molecule has 0 bridgehead atoms. The standard InChI is InChI=1S/C12H15BrN2S/c1-8-4-5-9(2)15(8)14-10(3)12-11(13)6-7-16-12/h4-7,10,14H,1-3H3. The summed E-state index contributed by atoms with van der Waals surface area (Å²) in [7, 11) is 0. The lowest BCUT2D eigenvalue weighted by atomic mass is 10.3. The molecule has 2 heterocycles. The molecule has 0 saturated heterocycles. The van der Waals surface area contributed by atoms with Gasteiger partial charge in [-0.25, -0.2) is 0 Å². The predicted octanol–water partition coefficient (Wildman–Crippen LogP) is 4.23. The Balaban J connectivity index is 2.20. The Morgan fingerprint density at radius 3 is 2.38 bits per heavy atom. The average molecular weight is 299 g/mol. The maximum atomic E-state index is 3.57. The summed E-state index contributed by atoms with van der Waals surface area (Å²) in [5, 5.41) is 2.10. The Bertz CT molecular complexity index is 467. The minimum atomic E-state index is 0.305. The molecule has 4 heteroatoms. The van der Waals surface area contributed by atoms with Crippen LogP contribution < -0.4 is 5.43 Å². The summed E-state index contributed by atoms with van der Waals surface area (Å²) in [5.74, 6) is 0. The van der Waals surface area contributed by atoms with E-state index in [1.807, 2.05) is 0 Å². The molecule has 0 amide bonds. The number of rotatable bonds is 3. The van der Waals surface area contributed by atoms with Crippen LogP contribution in [0.1, 0.15) is 29.2 Å². The van der Waals surface area contributed by atoms with E-state index >= 15 is 0 Å². The van der Waals surface area contributed by atoms with Gasteiger partial charge < -0.3 is 5.43 Å². The second-order valence-electron chi connectivity index (χ2n) is 3.94. The molecule has 1 unspecified atom stereocenters. The maximum Gasteiger partial charge on any atom is 0.0749 e. The predicted molar refractivity (Wildman–Crippen MR) is 73.7 cm³/mol. The number of aryl methyl sites for hydroxylation is 2. The van der Waals surface area contributed by atoms with E-state index in [0.717, 1.165) is 0 Å². The summed E-state index contributed by atoms with van der Waals surface area (Å²) in [5.41, 5.74) is 5.97. The molecule has 0 radical (unpaired) electrons. The quantitative estimate of drug-likeness (QED) is 0.897. The third kappa shape index (κ3) is 2.18. The lowest BCUT2D eigenvalue weighted by Gasteiger charge is -2.18. The first-order valence-electron chi connectivity index (χ1n) is 5.24. The fourth-order valence-electron chi connectivity index (χ4n) is 1.74. The molecular weight excluding hydrogens is 284 g/mol. The molecule has 1 N–H and O–H groups in total. The van der Waals surface area contributed by atoms with Gasteiger partial charge in [-0.1, -0.05) is 0 Å². The zero-order valence-electron chi connectivity index (χ0n) is 9.62. The second kappa shape index (κ2) is 4.63. The van der Waals surface area contributed by atoms with E-state index in [2.05, 4.69) is 70.4 Å². The summed E-state index contributed by atoms with van der Waals surface area (Å²) in [4.78, 5) is 1.33. The van der Waals surface area contributed by atoms with Crippen molar-refractivity contribution in [2.75, 3.05) is 5.43 Å². The molecule has 0 spiro atoms. The SMILES string of the molecule is Cc1ccc(C)n1NC(C)c1sccc1Br. The van der Waals surface area contributed by atoms with E-state index in [4.69, 9.17) is 0 Å². The third-order valence-corrected chi connectivity index (χ3v) is 4.69. The van der Waals surface area contributed by atoms with Crippen LogP contribution in [0.4, 0.5) is 0 Å². The van der Waals surface area contributed by atoms with E-state index in [-0.39, 0.29) is 0 Å².